The molecule has 0 aromatic heterocycles. The summed E-state index contributed by atoms with van der Waals surface area (Å²) in [5, 5.41) is 0.0951. The van der Waals surface area contributed by atoms with Gasteiger partial charge in [-0.2, -0.15) is 0 Å². The van der Waals surface area contributed by atoms with Crippen molar-refractivity contribution >= 4 is 23.3 Å². The van der Waals surface area contributed by atoms with Crippen molar-refractivity contribution in [2.45, 2.75) is 25.0 Å². The number of thioether (sulfide) groups is 1. The van der Waals surface area contributed by atoms with E-state index in [0.717, 1.165) is 6.42 Å². The van der Waals surface area contributed by atoms with Crippen LogP contribution in [0.3, 0.4) is 0 Å². The first kappa shape index (κ1) is 7.79. The van der Waals surface area contributed by atoms with E-state index < -0.39 is 0 Å². The number of carbonyl (C=O) groups excluding carboxylic acids is 2. The van der Waals surface area contributed by atoms with Crippen LogP contribution in [0.5, 0.6) is 0 Å². The van der Waals surface area contributed by atoms with Gasteiger partial charge < -0.3 is 0 Å². The van der Waals surface area contributed by atoms with Crippen LogP contribution in [-0.2, 0) is 9.59 Å². The molecular weight excluding hydrogens is 148 g/mol. The van der Waals surface area contributed by atoms with Crippen molar-refractivity contribution in [1.82, 2.24) is 0 Å². The molecule has 0 spiro atoms. The quantitative estimate of drug-likeness (QED) is 0.535. The van der Waals surface area contributed by atoms with Crippen molar-refractivity contribution in [1.29, 1.82) is 0 Å². The molecule has 0 bridgehead atoms. The molecule has 0 aliphatic carbocycles. The van der Waals surface area contributed by atoms with Crippen molar-refractivity contribution in [3.8, 4) is 0 Å². The highest BCUT2D eigenvalue weighted by molar-refractivity contribution is 8.01. The third-order valence-corrected chi connectivity index (χ3v) is 3.03. The highest BCUT2D eigenvalue weighted by atomic mass is 32.2. The number of carbonyl (C=O) groups is 2. The third kappa shape index (κ3) is 1.59. The second-order valence-electron chi connectivity index (χ2n) is 2.39. The van der Waals surface area contributed by atoms with E-state index in [1.165, 1.54) is 11.8 Å². The second-order valence-corrected chi connectivity index (χ2v) is 3.58. The van der Waals surface area contributed by atoms with Crippen LogP contribution in [0.1, 0.15) is 19.8 Å². The summed E-state index contributed by atoms with van der Waals surface area (Å²) in [7, 11) is 0. The normalized spacial score (nSPS) is 27.1. The van der Waals surface area contributed by atoms with Gasteiger partial charge in [0.25, 0.3) is 0 Å². The molecule has 3 heteroatoms. The lowest BCUT2D eigenvalue weighted by Gasteiger charge is -2.16. The Bertz CT molecular complexity index is 165. The summed E-state index contributed by atoms with van der Waals surface area (Å²) >= 11 is 1.48. The summed E-state index contributed by atoms with van der Waals surface area (Å²) in [4.78, 5) is 21.7. The smallest absolute Gasteiger partial charge is 0.153 e. The van der Waals surface area contributed by atoms with E-state index in [2.05, 4.69) is 0 Å². The standard InChI is InChI=1S/C7H10O2S/c1-2-7-6(9)3-5(8)4-10-7/h7H,2-4H2,1H3. The van der Waals surface area contributed by atoms with Gasteiger partial charge in [-0.15, -0.1) is 11.8 Å². The lowest BCUT2D eigenvalue weighted by Crippen LogP contribution is -2.27. The first-order valence-electron chi connectivity index (χ1n) is 3.40. The van der Waals surface area contributed by atoms with Crippen LogP contribution in [0.15, 0.2) is 0 Å². The monoisotopic (exact) mass is 158 g/mol. The molecule has 0 aromatic rings. The van der Waals surface area contributed by atoms with Gasteiger partial charge in [-0.3, -0.25) is 9.59 Å². The Labute approximate surface area is 64.4 Å². The van der Waals surface area contributed by atoms with E-state index in [4.69, 9.17) is 0 Å². The van der Waals surface area contributed by atoms with Crippen molar-refractivity contribution in [3.05, 3.63) is 0 Å². The lowest BCUT2D eigenvalue weighted by atomic mass is 10.1. The van der Waals surface area contributed by atoms with Gasteiger partial charge in [-0.1, -0.05) is 6.92 Å². The summed E-state index contributed by atoms with van der Waals surface area (Å²) in [6, 6.07) is 0. The van der Waals surface area contributed by atoms with E-state index in [9.17, 15) is 9.59 Å². The molecule has 0 aromatic carbocycles. The molecule has 10 heavy (non-hydrogen) atoms. The molecule has 0 amide bonds. The second kappa shape index (κ2) is 3.19. The molecular formula is C7H10O2S. The van der Waals surface area contributed by atoms with Crippen LogP contribution in [0.4, 0.5) is 0 Å². The molecule has 1 unspecified atom stereocenters. The minimum absolute atomic E-state index is 0.0831. The van der Waals surface area contributed by atoms with Gasteiger partial charge in [0.15, 0.2) is 5.78 Å². The van der Waals surface area contributed by atoms with Gasteiger partial charge in [0.05, 0.1) is 17.4 Å². The van der Waals surface area contributed by atoms with Crippen LogP contribution in [0.25, 0.3) is 0 Å². The van der Waals surface area contributed by atoms with Crippen molar-refractivity contribution < 1.29 is 9.59 Å². The highest BCUT2D eigenvalue weighted by Crippen LogP contribution is 2.22. The average molecular weight is 158 g/mol. The largest absolute Gasteiger partial charge is 0.298 e. The Morgan fingerprint density at radius 2 is 2.30 bits per heavy atom. The summed E-state index contributed by atoms with van der Waals surface area (Å²) in [6.45, 7) is 1.98. The maximum atomic E-state index is 11.0. The third-order valence-electron chi connectivity index (χ3n) is 1.55. The summed E-state index contributed by atoms with van der Waals surface area (Å²) in [5.74, 6) is 0.730. The molecule has 1 heterocycles. The molecule has 0 saturated carbocycles. The van der Waals surface area contributed by atoms with Crippen LogP contribution < -0.4 is 0 Å². The van der Waals surface area contributed by atoms with Crippen LogP contribution in [0, 0.1) is 0 Å². The molecule has 1 aliphatic heterocycles. The van der Waals surface area contributed by atoms with Gasteiger partial charge in [0.2, 0.25) is 0 Å². The Balaban J connectivity index is 2.51. The predicted octanol–water partition coefficient (Wildman–Crippen LogP) is 1.04. The zero-order chi connectivity index (χ0) is 7.56. The molecule has 0 N–H and O–H groups in total. The Kier molecular flexibility index (Phi) is 2.49. The maximum absolute atomic E-state index is 11.0. The van der Waals surface area contributed by atoms with E-state index >= 15 is 0 Å². The molecule has 1 atom stereocenters. The molecule has 56 valence electrons. The Hall–Kier alpha value is -0.310. The summed E-state index contributed by atoms with van der Waals surface area (Å²) in [5.41, 5.74) is 0. The number of hydrogen-bond acceptors (Lipinski definition) is 3. The minimum Gasteiger partial charge on any atom is -0.298 e. The van der Waals surface area contributed by atoms with Gasteiger partial charge in [-0.25, -0.2) is 0 Å². The number of ketones is 2. The highest BCUT2D eigenvalue weighted by Gasteiger charge is 2.25. The van der Waals surface area contributed by atoms with Crippen LogP contribution >= 0.6 is 11.8 Å². The fourth-order valence-electron chi connectivity index (χ4n) is 0.991. The number of hydrogen-bond donors (Lipinski definition) is 0. The fraction of sp³-hybridized carbons (Fsp3) is 0.714. The minimum atomic E-state index is 0.0831. The van der Waals surface area contributed by atoms with Crippen molar-refractivity contribution in [3.63, 3.8) is 0 Å². The van der Waals surface area contributed by atoms with E-state index in [0.29, 0.717) is 5.75 Å². The first-order chi connectivity index (χ1) is 4.74. The van der Waals surface area contributed by atoms with Gasteiger partial charge in [0.1, 0.15) is 5.78 Å². The SMILES string of the molecule is CCC1SCC(=O)CC1=O. The van der Waals surface area contributed by atoms with E-state index in [-0.39, 0.29) is 23.2 Å². The van der Waals surface area contributed by atoms with Crippen LogP contribution in [0.2, 0.25) is 0 Å². The van der Waals surface area contributed by atoms with Crippen molar-refractivity contribution in [2.75, 3.05) is 5.75 Å². The maximum Gasteiger partial charge on any atom is 0.153 e. The van der Waals surface area contributed by atoms with Gasteiger partial charge >= 0.3 is 0 Å². The molecule has 1 rings (SSSR count). The molecule has 1 fully saturated rings. The Morgan fingerprint density at radius 1 is 1.60 bits per heavy atom. The molecule has 2 nitrogen and oxygen atoms in total. The predicted molar refractivity (Wildman–Crippen MR) is 41.2 cm³/mol. The topological polar surface area (TPSA) is 34.1 Å². The van der Waals surface area contributed by atoms with Crippen molar-refractivity contribution in [2.24, 2.45) is 0 Å². The lowest BCUT2D eigenvalue weighted by molar-refractivity contribution is -0.126. The van der Waals surface area contributed by atoms with Crippen LogP contribution in [-0.4, -0.2) is 22.6 Å². The molecule has 1 aliphatic rings. The van der Waals surface area contributed by atoms with E-state index in [1.54, 1.807) is 0 Å². The molecule has 0 radical (unpaired) electrons. The van der Waals surface area contributed by atoms with E-state index in [1.807, 2.05) is 6.92 Å². The number of rotatable bonds is 1. The molecule has 1 saturated heterocycles. The number of Topliss-reactive ketones (excluding diaryl/α,β-unsaturated/α-hetero) is 2. The summed E-state index contributed by atoms with van der Waals surface area (Å²) < 4.78 is 0. The summed E-state index contributed by atoms with van der Waals surface area (Å²) in [6.07, 6.45) is 1.03. The average Bonchev–Trinajstić information content (AvgIpc) is 1.88. The zero-order valence-corrected chi connectivity index (χ0v) is 6.74. The Morgan fingerprint density at radius 3 is 2.80 bits per heavy atom. The van der Waals surface area contributed by atoms with Gasteiger partial charge in [0, 0.05) is 0 Å². The first-order valence-corrected chi connectivity index (χ1v) is 4.45. The van der Waals surface area contributed by atoms with Gasteiger partial charge in [-0.05, 0) is 6.42 Å². The fourth-order valence-corrected chi connectivity index (χ4v) is 1.99. The zero-order valence-electron chi connectivity index (χ0n) is 5.92.